The average Bonchev–Trinajstić information content (AvgIpc) is 3.67. The number of fused-ring (bicyclic) bond motifs is 6. The molecule has 8 aromatic rings. The number of rotatable bonds is 6. The first-order valence-electron chi connectivity index (χ1n) is 19.2. The number of benzene rings is 7. The fourth-order valence-corrected chi connectivity index (χ4v) is 9.10. The highest BCUT2D eigenvalue weighted by molar-refractivity contribution is 6.10. The van der Waals surface area contributed by atoms with Crippen LogP contribution in [0, 0.1) is 5.92 Å². The Morgan fingerprint density at radius 3 is 1.96 bits per heavy atom. The Labute approximate surface area is 318 Å². The van der Waals surface area contributed by atoms with E-state index >= 15 is 0 Å². The van der Waals surface area contributed by atoms with Crippen LogP contribution in [0.15, 0.2) is 188 Å². The molecule has 54 heavy (non-hydrogen) atoms. The molecule has 0 aliphatic heterocycles. The third kappa shape index (κ3) is 5.16. The van der Waals surface area contributed by atoms with E-state index in [2.05, 4.69) is 212 Å². The monoisotopic (exact) mass is 694 g/mol. The van der Waals surface area contributed by atoms with Gasteiger partial charge in [0.15, 0.2) is 0 Å². The summed E-state index contributed by atoms with van der Waals surface area (Å²) in [7, 11) is 0. The van der Waals surface area contributed by atoms with Crippen LogP contribution in [0.25, 0.3) is 55.3 Å². The Kier molecular flexibility index (Phi) is 7.56. The molecule has 0 N–H and O–H groups in total. The second-order valence-electron chi connectivity index (χ2n) is 15.5. The van der Waals surface area contributed by atoms with Crippen molar-refractivity contribution in [1.29, 1.82) is 0 Å². The predicted molar refractivity (Wildman–Crippen MR) is 229 cm³/mol. The quantitative estimate of drug-likeness (QED) is 0.168. The zero-order valence-electron chi connectivity index (χ0n) is 31.0. The Bertz CT molecular complexity index is 2760. The molecule has 0 spiro atoms. The standard InChI is InChI=1S/C52H42N2/c1-35-32-38(24-30-49(35)53(40-16-8-5-9-17-40)42-28-29-44-43-18-10-12-20-47(43)52(2,3)48(44)34-42)39-25-31-51-46(33-39)45-19-11-13-21-50(45)54(51)41-26-22-37(23-27-41)36-14-6-4-7-15-36/h4-31,33-35H,32H2,1-3H3. The van der Waals surface area contributed by atoms with Gasteiger partial charge in [-0.05, 0) is 112 Å². The molecule has 2 aliphatic rings. The van der Waals surface area contributed by atoms with Crippen molar-refractivity contribution in [3.63, 3.8) is 0 Å². The van der Waals surface area contributed by atoms with E-state index in [-0.39, 0.29) is 5.41 Å². The van der Waals surface area contributed by atoms with Gasteiger partial charge in [-0.25, -0.2) is 0 Å². The first-order valence-corrected chi connectivity index (χ1v) is 19.2. The van der Waals surface area contributed by atoms with Gasteiger partial charge < -0.3 is 9.47 Å². The molecule has 0 saturated carbocycles. The molecule has 0 saturated heterocycles. The molecular formula is C52H42N2. The summed E-state index contributed by atoms with van der Waals surface area (Å²) in [5, 5.41) is 2.56. The molecule has 2 aliphatic carbocycles. The summed E-state index contributed by atoms with van der Waals surface area (Å²) in [5.74, 6) is 0.309. The number of hydrogen-bond acceptors (Lipinski definition) is 1. The second-order valence-corrected chi connectivity index (χ2v) is 15.5. The molecule has 0 fully saturated rings. The molecule has 7 aromatic carbocycles. The fraction of sp³-hybridized carbons (Fsp3) is 0.115. The van der Waals surface area contributed by atoms with Crippen molar-refractivity contribution in [1.82, 2.24) is 4.57 Å². The summed E-state index contributed by atoms with van der Waals surface area (Å²) in [6.45, 7) is 7.11. The maximum Gasteiger partial charge on any atom is 0.0541 e. The minimum Gasteiger partial charge on any atom is -0.314 e. The van der Waals surface area contributed by atoms with Gasteiger partial charge in [0.25, 0.3) is 0 Å². The van der Waals surface area contributed by atoms with Gasteiger partial charge in [-0.3, -0.25) is 0 Å². The van der Waals surface area contributed by atoms with Crippen molar-refractivity contribution >= 4 is 38.8 Å². The van der Waals surface area contributed by atoms with Crippen molar-refractivity contribution in [2.24, 2.45) is 5.92 Å². The maximum absolute atomic E-state index is 2.48. The highest BCUT2D eigenvalue weighted by Crippen LogP contribution is 2.51. The van der Waals surface area contributed by atoms with E-state index in [1.54, 1.807) is 0 Å². The Balaban J connectivity index is 1.04. The van der Waals surface area contributed by atoms with Gasteiger partial charge in [-0.15, -0.1) is 0 Å². The highest BCUT2D eigenvalue weighted by Gasteiger charge is 2.36. The number of hydrogen-bond donors (Lipinski definition) is 0. The summed E-state index contributed by atoms with van der Waals surface area (Å²) < 4.78 is 2.41. The van der Waals surface area contributed by atoms with Crippen molar-refractivity contribution in [3.05, 3.63) is 204 Å². The van der Waals surface area contributed by atoms with Crippen LogP contribution in [-0.4, -0.2) is 4.57 Å². The molecule has 2 heteroatoms. The molecule has 0 amide bonds. The van der Waals surface area contributed by atoms with E-state index in [0.717, 1.165) is 6.42 Å². The normalized spacial score (nSPS) is 15.8. The lowest BCUT2D eigenvalue weighted by Crippen LogP contribution is -2.24. The van der Waals surface area contributed by atoms with Crippen LogP contribution in [0.3, 0.4) is 0 Å². The number of para-hydroxylation sites is 2. The number of anilines is 2. The Hall–Kier alpha value is -6.38. The predicted octanol–water partition coefficient (Wildman–Crippen LogP) is 13.9. The van der Waals surface area contributed by atoms with Gasteiger partial charge >= 0.3 is 0 Å². The summed E-state index contributed by atoms with van der Waals surface area (Å²) in [6, 6.07) is 62.3. The molecule has 10 rings (SSSR count). The van der Waals surface area contributed by atoms with E-state index < -0.39 is 0 Å². The summed E-state index contributed by atoms with van der Waals surface area (Å²) in [5.41, 5.74) is 17.9. The number of allylic oxidation sites excluding steroid dienone is 4. The van der Waals surface area contributed by atoms with E-state index in [1.807, 2.05) is 0 Å². The average molecular weight is 695 g/mol. The van der Waals surface area contributed by atoms with Crippen molar-refractivity contribution in [2.45, 2.75) is 32.6 Å². The topological polar surface area (TPSA) is 8.17 Å². The zero-order valence-corrected chi connectivity index (χ0v) is 31.0. The van der Waals surface area contributed by atoms with E-state index in [9.17, 15) is 0 Å². The van der Waals surface area contributed by atoms with Crippen LogP contribution in [0.5, 0.6) is 0 Å². The smallest absolute Gasteiger partial charge is 0.0541 e. The third-order valence-corrected chi connectivity index (χ3v) is 11.9. The molecule has 260 valence electrons. The third-order valence-electron chi connectivity index (χ3n) is 11.9. The van der Waals surface area contributed by atoms with Gasteiger partial charge in [0, 0.05) is 44.9 Å². The first-order chi connectivity index (χ1) is 26.5. The van der Waals surface area contributed by atoms with Gasteiger partial charge in [0.2, 0.25) is 0 Å². The van der Waals surface area contributed by atoms with Crippen LogP contribution in [0.4, 0.5) is 11.4 Å². The Morgan fingerprint density at radius 1 is 0.519 bits per heavy atom. The minimum absolute atomic E-state index is 0.0582. The largest absolute Gasteiger partial charge is 0.314 e. The van der Waals surface area contributed by atoms with Crippen LogP contribution in [0.2, 0.25) is 0 Å². The Morgan fingerprint density at radius 2 is 1.17 bits per heavy atom. The summed E-state index contributed by atoms with van der Waals surface area (Å²) in [6.07, 6.45) is 5.69. The van der Waals surface area contributed by atoms with Crippen LogP contribution < -0.4 is 4.90 Å². The van der Waals surface area contributed by atoms with Crippen molar-refractivity contribution in [2.75, 3.05) is 4.90 Å². The molecular weight excluding hydrogens is 653 g/mol. The van der Waals surface area contributed by atoms with Gasteiger partial charge in [-0.1, -0.05) is 142 Å². The van der Waals surface area contributed by atoms with Gasteiger partial charge in [0.1, 0.15) is 0 Å². The van der Waals surface area contributed by atoms with Crippen LogP contribution >= 0.6 is 0 Å². The second kappa shape index (κ2) is 12.6. The molecule has 1 heterocycles. The molecule has 1 unspecified atom stereocenters. The molecule has 2 nitrogen and oxygen atoms in total. The molecule has 1 aromatic heterocycles. The lowest BCUT2D eigenvalue weighted by molar-refractivity contribution is 0.658. The van der Waals surface area contributed by atoms with Crippen molar-refractivity contribution in [3.8, 4) is 27.9 Å². The lowest BCUT2D eigenvalue weighted by Gasteiger charge is -2.34. The van der Waals surface area contributed by atoms with E-state index in [1.165, 1.54) is 89.1 Å². The first kappa shape index (κ1) is 32.3. The van der Waals surface area contributed by atoms with E-state index in [0.29, 0.717) is 5.92 Å². The number of nitrogens with zero attached hydrogens (tertiary/aromatic N) is 2. The zero-order chi connectivity index (χ0) is 36.4. The van der Waals surface area contributed by atoms with Crippen molar-refractivity contribution < 1.29 is 0 Å². The van der Waals surface area contributed by atoms with Crippen LogP contribution in [0.1, 0.15) is 43.9 Å². The SMILES string of the molecule is CC1CC(c2ccc3c(c2)c2ccccc2n3-c2ccc(-c3ccccc3)cc2)=CC=C1N(c1ccccc1)c1ccc2c(c1)C(C)(C)c1ccccc1-2. The maximum atomic E-state index is 2.48. The van der Waals surface area contributed by atoms with Gasteiger partial charge in [0.05, 0.1) is 11.0 Å². The number of aromatic nitrogens is 1. The molecule has 0 bridgehead atoms. The summed E-state index contributed by atoms with van der Waals surface area (Å²) >= 11 is 0. The van der Waals surface area contributed by atoms with E-state index in [4.69, 9.17) is 0 Å². The van der Waals surface area contributed by atoms with Crippen LogP contribution in [-0.2, 0) is 5.41 Å². The van der Waals surface area contributed by atoms with Gasteiger partial charge in [-0.2, -0.15) is 0 Å². The summed E-state index contributed by atoms with van der Waals surface area (Å²) in [4.78, 5) is 2.48. The minimum atomic E-state index is -0.0582. The lowest BCUT2D eigenvalue weighted by atomic mass is 9.82. The molecule has 0 radical (unpaired) electrons. The highest BCUT2D eigenvalue weighted by atomic mass is 15.2. The fourth-order valence-electron chi connectivity index (χ4n) is 9.10. The molecule has 1 atom stereocenters.